The van der Waals surface area contributed by atoms with Crippen molar-refractivity contribution < 1.29 is 13.3 Å². The van der Waals surface area contributed by atoms with Gasteiger partial charge in [0.25, 0.3) is 0 Å². The SMILES string of the molecule is [2H]C([2H])([2H])C(O)(CC)C([2H])([2H])[2H]. The molecule has 6 heavy (non-hydrogen) atoms. The maximum atomic E-state index is 9.37. The molecule has 0 aromatic heterocycles. The summed E-state index contributed by atoms with van der Waals surface area (Å²) < 4.78 is 41.2. The predicted octanol–water partition coefficient (Wildman–Crippen LogP) is 1.17. The highest BCUT2D eigenvalue weighted by atomic mass is 16.3. The van der Waals surface area contributed by atoms with Gasteiger partial charge in [0.15, 0.2) is 0 Å². The molecular formula is C5H12O. The van der Waals surface area contributed by atoms with E-state index in [0.29, 0.717) is 0 Å². The average Bonchev–Trinajstić information content (AvgIpc) is 1.81. The molecule has 0 heterocycles. The Morgan fingerprint density at radius 1 is 1.83 bits per heavy atom. The molecule has 1 N–H and O–H groups in total. The highest BCUT2D eigenvalue weighted by Crippen LogP contribution is 2.03. The molecule has 1 heteroatoms. The van der Waals surface area contributed by atoms with Crippen molar-refractivity contribution in [3.8, 4) is 0 Å². The molecule has 1 nitrogen and oxygen atoms in total. The lowest BCUT2D eigenvalue weighted by Gasteiger charge is -2.11. The van der Waals surface area contributed by atoms with Gasteiger partial charge in [-0.1, -0.05) is 6.92 Å². The fourth-order valence-electron chi connectivity index (χ4n) is 0. The summed E-state index contributed by atoms with van der Waals surface area (Å²) in [6, 6.07) is 0. The average molecular weight is 94.2 g/mol. The Hall–Kier alpha value is -0.0400. The second-order valence-corrected chi connectivity index (χ2v) is 1.21. The molecule has 0 saturated heterocycles. The summed E-state index contributed by atoms with van der Waals surface area (Å²) in [5, 5.41) is 9.37. The van der Waals surface area contributed by atoms with Crippen molar-refractivity contribution in [1.29, 1.82) is 0 Å². The maximum absolute atomic E-state index is 9.37. The van der Waals surface area contributed by atoms with Crippen molar-refractivity contribution in [2.75, 3.05) is 0 Å². The molecule has 0 amide bonds. The Morgan fingerprint density at radius 2 is 2.33 bits per heavy atom. The molecule has 0 radical (unpaired) electrons. The molecule has 0 aromatic rings. The molecule has 0 aromatic carbocycles. The molecule has 0 aliphatic carbocycles. The summed E-state index contributed by atoms with van der Waals surface area (Å²) in [5.74, 6) is 0. The Morgan fingerprint density at radius 3 is 2.33 bits per heavy atom. The third kappa shape index (κ3) is 3.96. The maximum Gasteiger partial charge on any atom is 0.0589 e. The third-order valence-corrected chi connectivity index (χ3v) is 0.512. The first kappa shape index (κ1) is 1.22. The zero-order valence-electron chi connectivity index (χ0n) is 9.65. The third-order valence-electron chi connectivity index (χ3n) is 0.512. The molecule has 0 bridgehead atoms. The number of rotatable bonds is 1. The van der Waals surface area contributed by atoms with E-state index in [1.54, 1.807) is 0 Å². The van der Waals surface area contributed by atoms with E-state index in [4.69, 9.17) is 8.22 Å². The normalized spacial score (nSPS) is 31.0. The van der Waals surface area contributed by atoms with Crippen molar-refractivity contribution in [2.24, 2.45) is 0 Å². The molecule has 0 saturated carbocycles. The summed E-state index contributed by atoms with van der Waals surface area (Å²) in [6.45, 7) is -4.40. The Labute approximate surface area is 47.4 Å². The van der Waals surface area contributed by atoms with Crippen LogP contribution in [0, 0.1) is 0 Å². The first-order chi connectivity index (χ1) is 5.06. The minimum Gasteiger partial charge on any atom is -0.390 e. The quantitative estimate of drug-likeness (QED) is 0.517. The standard InChI is InChI=1S/C5H12O/c1-4-5(2,3)6/h6H,4H2,1-3H3/i2D3,3D3. The van der Waals surface area contributed by atoms with Gasteiger partial charge in [0, 0.05) is 8.22 Å². The summed E-state index contributed by atoms with van der Waals surface area (Å²) >= 11 is 0. The zero-order valence-corrected chi connectivity index (χ0v) is 3.65. The zero-order chi connectivity index (χ0) is 10.2. The fraction of sp³-hybridized carbons (Fsp3) is 1.00. The van der Waals surface area contributed by atoms with Crippen LogP contribution in [0.4, 0.5) is 0 Å². The Kier molecular flexibility index (Phi) is 0.327. The van der Waals surface area contributed by atoms with Crippen LogP contribution < -0.4 is 0 Å². The van der Waals surface area contributed by atoms with Gasteiger partial charge in [0.2, 0.25) is 0 Å². The largest absolute Gasteiger partial charge is 0.390 e. The Bertz CT molecular complexity index is 142. The van der Waals surface area contributed by atoms with E-state index in [9.17, 15) is 5.11 Å². The van der Waals surface area contributed by atoms with E-state index >= 15 is 0 Å². The first-order valence-electron chi connectivity index (χ1n) is 4.78. The lowest BCUT2D eigenvalue weighted by molar-refractivity contribution is 0.0765. The molecule has 0 atom stereocenters. The van der Waals surface area contributed by atoms with Crippen LogP contribution in [0.3, 0.4) is 0 Å². The van der Waals surface area contributed by atoms with Gasteiger partial charge < -0.3 is 5.11 Å². The lowest BCUT2D eigenvalue weighted by Crippen LogP contribution is -2.15. The fourth-order valence-corrected chi connectivity index (χ4v) is 0. The summed E-state index contributed by atoms with van der Waals surface area (Å²) in [4.78, 5) is 0. The van der Waals surface area contributed by atoms with Gasteiger partial charge in [-0.25, -0.2) is 0 Å². The number of hydrogen-bond donors (Lipinski definition) is 1. The van der Waals surface area contributed by atoms with Crippen LogP contribution in [0.1, 0.15) is 35.3 Å². The molecule has 38 valence electrons. The van der Waals surface area contributed by atoms with Gasteiger partial charge >= 0.3 is 0 Å². The molecule has 0 aliphatic heterocycles. The monoisotopic (exact) mass is 94.1 g/mol. The molecular weight excluding hydrogens is 76.1 g/mol. The van der Waals surface area contributed by atoms with Crippen molar-refractivity contribution >= 4 is 0 Å². The summed E-state index contributed by atoms with van der Waals surface area (Å²) in [5.41, 5.74) is -2.58. The van der Waals surface area contributed by atoms with Gasteiger partial charge in [-0.15, -0.1) is 0 Å². The summed E-state index contributed by atoms with van der Waals surface area (Å²) in [6.07, 6.45) is -0.319. The van der Waals surface area contributed by atoms with E-state index in [-0.39, 0.29) is 6.42 Å². The van der Waals surface area contributed by atoms with Gasteiger partial charge in [0.1, 0.15) is 0 Å². The van der Waals surface area contributed by atoms with Gasteiger partial charge in [0.05, 0.1) is 5.60 Å². The minimum atomic E-state index is -2.87. The van der Waals surface area contributed by atoms with Crippen LogP contribution in [0.2, 0.25) is 0 Å². The predicted molar refractivity (Wildman–Crippen MR) is 26.6 cm³/mol. The van der Waals surface area contributed by atoms with Crippen LogP contribution >= 0.6 is 0 Å². The second kappa shape index (κ2) is 1.61. The van der Waals surface area contributed by atoms with Crippen LogP contribution in [0.15, 0.2) is 0 Å². The van der Waals surface area contributed by atoms with Crippen LogP contribution in [-0.2, 0) is 0 Å². The molecule has 0 spiro atoms. The van der Waals surface area contributed by atoms with Crippen LogP contribution in [-0.4, -0.2) is 10.7 Å². The van der Waals surface area contributed by atoms with Gasteiger partial charge in [-0.2, -0.15) is 0 Å². The van der Waals surface area contributed by atoms with E-state index in [1.807, 2.05) is 0 Å². The van der Waals surface area contributed by atoms with E-state index in [1.165, 1.54) is 6.92 Å². The van der Waals surface area contributed by atoms with Crippen molar-refractivity contribution in [1.82, 2.24) is 0 Å². The highest BCUT2D eigenvalue weighted by molar-refractivity contribution is 4.59. The molecule has 0 aliphatic rings. The summed E-state index contributed by atoms with van der Waals surface area (Å²) in [7, 11) is 0. The van der Waals surface area contributed by atoms with Gasteiger partial charge in [-0.3, -0.25) is 0 Å². The second-order valence-electron chi connectivity index (χ2n) is 1.21. The highest BCUT2D eigenvalue weighted by Gasteiger charge is 2.05. The van der Waals surface area contributed by atoms with E-state index < -0.39 is 19.3 Å². The first-order valence-corrected chi connectivity index (χ1v) is 1.78. The van der Waals surface area contributed by atoms with Crippen LogP contribution in [0.5, 0.6) is 0 Å². The topological polar surface area (TPSA) is 20.2 Å². The molecule has 0 unspecified atom stereocenters. The van der Waals surface area contributed by atoms with Crippen molar-refractivity contribution in [2.45, 2.75) is 32.6 Å². The smallest absolute Gasteiger partial charge is 0.0589 e. The van der Waals surface area contributed by atoms with E-state index in [2.05, 4.69) is 0 Å². The van der Waals surface area contributed by atoms with Crippen molar-refractivity contribution in [3.63, 3.8) is 0 Å². The molecule has 0 rings (SSSR count). The van der Waals surface area contributed by atoms with E-state index in [0.717, 1.165) is 0 Å². The van der Waals surface area contributed by atoms with Crippen molar-refractivity contribution in [3.05, 3.63) is 0 Å². The van der Waals surface area contributed by atoms with Crippen LogP contribution in [0.25, 0.3) is 0 Å². The lowest BCUT2D eigenvalue weighted by atomic mass is 10.1. The Balaban J connectivity index is 4.95. The minimum absolute atomic E-state index is 0.319. The number of aliphatic hydroxyl groups is 1. The van der Waals surface area contributed by atoms with Gasteiger partial charge in [-0.05, 0) is 20.1 Å². The molecule has 0 fully saturated rings. The number of hydrogen-bond acceptors (Lipinski definition) is 1.